The first-order chi connectivity index (χ1) is 17.0. The Kier molecular flexibility index (Phi) is 9.41. The Morgan fingerprint density at radius 2 is 1.69 bits per heavy atom. The minimum Gasteiger partial charge on any atom is -0.352 e. The van der Waals surface area contributed by atoms with E-state index in [-0.39, 0.29) is 18.5 Å². The van der Waals surface area contributed by atoms with Gasteiger partial charge in [0.15, 0.2) is 0 Å². The van der Waals surface area contributed by atoms with Gasteiger partial charge < -0.3 is 10.2 Å². The van der Waals surface area contributed by atoms with Crippen molar-refractivity contribution in [3.8, 4) is 0 Å². The molecular formula is C27H36ClN3O4S. The monoisotopic (exact) mass is 533 g/mol. The summed E-state index contributed by atoms with van der Waals surface area (Å²) in [5.41, 5.74) is 2.88. The summed E-state index contributed by atoms with van der Waals surface area (Å²) in [5.74, 6) is -0.690. The van der Waals surface area contributed by atoms with Crippen LogP contribution in [0.5, 0.6) is 0 Å². The number of benzene rings is 2. The lowest BCUT2D eigenvalue weighted by atomic mass is 9.95. The molecule has 2 amide bonds. The molecule has 1 aliphatic carbocycles. The predicted octanol–water partition coefficient (Wildman–Crippen LogP) is 4.59. The molecule has 1 atom stereocenters. The standard InChI is InChI=1S/C27H36ClN3O4S/c1-19-10-11-20(2)25(16-19)31(36(4,34)35)18-26(32)30(17-22-12-14-23(28)15-13-22)21(3)27(33)29-24-8-6-5-7-9-24/h10-16,21,24H,5-9,17-18H2,1-4H3,(H,29,33)/t21-/m1/s1. The van der Waals surface area contributed by atoms with Crippen molar-refractivity contribution in [2.45, 2.75) is 71.5 Å². The maximum Gasteiger partial charge on any atom is 0.244 e. The van der Waals surface area contributed by atoms with Gasteiger partial charge in [-0.1, -0.05) is 55.1 Å². The zero-order valence-electron chi connectivity index (χ0n) is 21.5. The zero-order chi connectivity index (χ0) is 26.5. The fraction of sp³-hybridized carbons (Fsp3) is 0.481. The molecule has 2 aromatic carbocycles. The summed E-state index contributed by atoms with van der Waals surface area (Å²) in [6.07, 6.45) is 6.27. The van der Waals surface area contributed by atoms with Gasteiger partial charge in [-0.15, -0.1) is 0 Å². The highest BCUT2D eigenvalue weighted by Crippen LogP contribution is 2.25. The van der Waals surface area contributed by atoms with Crippen molar-refractivity contribution in [3.05, 3.63) is 64.2 Å². The van der Waals surface area contributed by atoms with Gasteiger partial charge in [-0.2, -0.15) is 0 Å². The number of carbonyl (C=O) groups is 2. The number of sulfonamides is 1. The van der Waals surface area contributed by atoms with Crippen molar-refractivity contribution >= 4 is 39.1 Å². The van der Waals surface area contributed by atoms with Crippen LogP contribution >= 0.6 is 11.6 Å². The second-order valence-corrected chi connectivity index (χ2v) is 12.1. The summed E-state index contributed by atoms with van der Waals surface area (Å²) in [4.78, 5) is 28.3. The molecule has 1 saturated carbocycles. The van der Waals surface area contributed by atoms with Crippen LogP contribution in [0.3, 0.4) is 0 Å². The van der Waals surface area contributed by atoms with Crippen LogP contribution in [-0.2, 0) is 26.2 Å². The molecule has 0 aromatic heterocycles. The highest BCUT2D eigenvalue weighted by Gasteiger charge is 2.31. The van der Waals surface area contributed by atoms with Gasteiger partial charge in [0.2, 0.25) is 21.8 Å². The second-order valence-electron chi connectivity index (χ2n) is 9.73. The Morgan fingerprint density at radius 1 is 1.06 bits per heavy atom. The Morgan fingerprint density at radius 3 is 2.31 bits per heavy atom. The number of anilines is 1. The van der Waals surface area contributed by atoms with Crippen LogP contribution < -0.4 is 9.62 Å². The van der Waals surface area contributed by atoms with Crippen LogP contribution in [0, 0.1) is 13.8 Å². The maximum absolute atomic E-state index is 13.7. The van der Waals surface area contributed by atoms with Crippen LogP contribution in [0.1, 0.15) is 55.7 Å². The topological polar surface area (TPSA) is 86.8 Å². The number of halogens is 1. The SMILES string of the molecule is Cc1ccc(C)c(N(CC(=O)N(Cc2ccc(Cl)cc2)[C@H](C)C(=O)NC2CCCCC2)S(C)(=O)=O)c1. The average molecular weight is 534 g/mol. The molecule has 0 aliphatic heterocycles. The van der Waals surface area contributed by atoms with Gasteiger partial charge in [-0.05, 0) is 68.5 Å². The summed E-state index contributed by atoms with van der Waals surface area (Å²) in [6, 6.07) is 11.9. The molecule has 9 heteroatoms. The van der Waals surface area contributed by atoms with Gasteiger partial charge >= 0.3 is 0 Å². The molecule has 36 heavy (non-hydrogen) atoms. The normalized spacial score (nSPS) is 15.2. The van der Waals surface area contributed by atoms with E-state index in [9.17, 15) is 18.0 Å². The van der Waals surface area contributed by atoms with Crippen molar-refractivity contribution < 1.29 is 18.0 Å². The molecule has 0 bridgehead atoms. The number of aryl methyl sites for hydroxylation is 2. The minimum atomic E-state index is -3.77. The number of nitrogens with zero attached hydrogens (tertiary/aromatic N) is 2. The third-order valence-corrected chi connectivity index (χ3v) is 8.08. The molecule has 0 heterocycles. The quantitative estimate of drug-likeness (QED) is 0.511. The average Bonchev–Trinajstić information content (AvgIpc) is 2.83. The summed E-state index contributed by atoms with van der Waals surface area (Å²) in [7, 11) is -3.77. The molecule has 3 rings (SSSR count). The van der Waals surface area contributed by atoms with E-state index in [1.165, 1.54) is 11.3 Å². The van der Waals surface area contributed by atoms with Crippen molar-refractivity contribution in [1.82, 2.24) is 10.2 Å². The summed E-state index contributed by atoms with van der Waals surface area (Å²) >= 11 is 6.03. The van der Waals surface area contributed by atoms with Crippen molar-refractivity contribution in [2.75, 3.05) is 17.1 Å². The van der Waals surface area contributed by atoms with E-state index in [1.54, 1.807) is 37.3 Å². The van der Waals surface area contributed by atoms with Crippen molar-refractivity contribution in [1.29, 1.82) is 0 Å². The van der Waals surface area contributed by atoms with Crippen LogP contribution in [0.4, 0.5) is 5.69 Å². The maximum atomic E-state index is 13.7. The molecule has 0 unspecified atom stereocenters. The highest BCUT2D eigenvalue weighted by atomic mass is 35.5. The Bertz CT molecular complexity index is 1180. The molecule has 2 aromatic rings. The van der Waals surface area contributed by atoms with E-state index >= 15 is 0 Å². The third kappa shape index (κ3) is 7.46. The van der Waals surface area contributed by atoms with Crippen molar-refractivity contribution in [3.63, 3.8) is 0 Å². The smallest absolute Gasteiger partial charge is 0.244 e. The molecule has 0 saturated heterocycles. The zero-order valence-corrected chi connectivity index (χ0v) is 23.0. The molecule has 1 fully saturated rings. The largest absolute Gasteiger partial charge is 0.352 e. The first-order valence-corrected chi connectivity index (χ1v) is 14.6. The number of rotatable bonds is 9. The summed E-state index contributed by atoms with van der Waals surface area (Å²) in [5, 5.41) is 3.66. The lowest BCUT2D eigenvalue weighted by Gasteiger charge is -2.33. The van der Waals surface area contributed by atoms with E-state index in [4.69, 9.17) is 11.6 Å². The number of carbonyl (C=O) groups excluding carboxylic acids is 2. The van der Waals surface area contributed by atoms with E-state index in [0.29, 0.717) is 10.7 Å². The van der Waals surface area contributed by atoms with Crippen LogP contribution in [-0.4, -0.2) is 50.0 Å². The number of nitrogens with one attached hydrogen (secondary N) is 1. The van der Waals surface area contributed by atoms with E-state index in [2.05, 4.69) is 5.32 Å². The Balaban J connectivity index is 1.89. The van der Waals surface area contributed by atoms with E-state index in [1.807, 2.05) is 26.0 Å². The van der Waals surface area contributed by atoms with Gasteiger partial charge in [0.05, 0.1) is 11.9 Å². The van der Waals surface area contributed by atoms with Gasteiger partial charge in [0.25, 0.3) is 0 Å². The molecule has 196 valence electrons. The second kappa shape index (κ2) is 12.1. The number of hydrogen-bond donors (Lipinski definition) is 1. The van der Waals surface area contributed by atoms with Crippen LogP contribution in [0.15, 0.2) is 42.5 Å². The number of amides is 2. The number of hydrogen-bond acceptors (Lipinski definition) is 4. The first kappa shape index (κ1) is 28.0. The lowest BCUT2D eigenvalue weighted by Crippen LogP contribution is -2.53. The summed E-state index contributed by atoms with van der Waals surface area (Å²) < 4.78 is 26.7. The Labute approximate surface area is 219 Å². The molecular weight excluding hydrogens is 498 g/mol. The van der Waals surface area contributed by atoms with Crippen LogP contribution in [0.2, 0.25) is 5.02 Å². The first-order valence-electron chi connectivity index (χ1n) is 12.3. The fourth-order valence-corrected chi connectivity index (χ4v) is 5.55. The van der Waals surface area contributed by atoms with Gasteiger partial charge in [0.1, 0.15) is 12.6 Å². The molecule has 7 nitrogen and oxygen atoms in total. The van der Waals surface area contributed by atoms with Gasteiger partial charge in [-0.3, -0.25) is 13.9 Å². The Hall–Kier alpha value is -2.58. The molecule has 1 aliphatic rings. The van der Waals surface area contributed by atoms with E-state index < -0.39 is 28.5 Å². The van der Waals surface area contributed by atoms with Crippen molar-refractivity contribution in [2.24, 2.45) is 0 Å². The molecule has 0 spiro atoms. The van der Waals surface area contributed by atoms with Crippen LogP contribution in [0.25, 0.3) is 0 Å². The minimum absolute atomic E-state index is 0.101. The van der Waals surface area contributed by atoms with Gasteiger partial charge in [0, 0.05) is 17.6 Å². The molecule has 0 radical (unpaired) electrons. The van der Waals surface area contributed by atoms with Gasteiger partial charge in [-0.25, -0.2) is 8.42 Å². The third-order valence-electron chi connectivity index (χ3n) is 6.70. The highest BCUT2D eigenvalue weighted by molar-refractivity contribution is 7.92. The lowest BCUT2D eigenvalue weighted by molar-refractivity contribution is -0.139. The fourth-order valence-electron chi connectivity index (χ4n) is 4.52. The summed E-state index contributed by atoms with van der Waals surface area (Å²) in [6.45, 7) is 5.12. The van der Waals surface area contributed by atoms with E-state index in [0.717, 1.165) is 52.9 Å². The predicted molar refractivity (Wildman–Crippen MR) is 145 cm³/mol. The molecule has 1 N–H and O–H groups in total.